The summed E-state index contributed by atoms with van der Waals surface area (Å²) in [6.45, 7) is 12.5. The van der Waals surface area contributed by atoms with Gasteiger partial charge in [-0.3, -0.25) is 0 Å². The van der Waals surface area contributed by atoms with Gasteiger partial charge >= 0.3 is 0 Å². The average molecular weight is 280 g/mol. The summed E-state index contributed by atoms with van der Waals surface area (Å²) in [5.74, 6) is 0.742. The normalized spacial score (nSPS) is 24.3. The number of rotatable bonds is 4. The van der Waals surface area contributed by atoms with Gasteiger partial charge in [-0.15, -0.1) is 11.3 Å². The molecule has 1 unspecified atom stereocenters. The smallest absolute Gasteiger partial charge is 0.0981 e. The lowest BCUT2D eigenvalue weighted by Crippen LogP contribution is -2.43. The van der Waals surface area contributed by atoms with Crippen LogP contribution in [-0.2, 0) is 11.8 Å². The highest BCUT2D eigenvalue weighted by molar-refractivity contribution is 7.09. The molecule has 0 bridgehead atoms. The molecule has 0 amide bonds. The molecule has 0 radical (unpaired) electrons. The molecule has 1 aromatic heterocycles. The van der Waals surface area contributed by atoms with Crippen LogP contribution in [0.1, 0.15) is 64.6 Å². The van der Waals surface area contributed by atoms with Crippen LogP contribution in [0, 0.1) is 5.92 Å². The highest BCUT2D eigenvalue weighted by atomic mass is 32.1. The highest BCUT2D eigenvalue weighted by Crippen LogP contribution is 2.32. The van der Waals surface area contributed by atoms with E-state index in [2.05, 4.69) is 45.3 Å². The molecule has 1 saturated heterocycles. The van der Waals surface area contributed by atoms with Gasteiger partial charge in [0.25, 0.3) is 0 Å². The molecular weight excluding hydrogens is 252 g/mol. The summed E-state index contributed by atoms with van der Waals surface area (Å²) in [5, 5.41) is 7.29. The number of nitrogens with one attached hydrogen (secondary N) is 1. The quantitative estimate of drug-likeness (QED) is 0.896. The second-order valence-electron chi connectivity index (χ2n) is 7.48. The van der Waals surface area contributed by atoms with Gasteiger partial charge in [0.05, 0.1) is 10.7 Å². The van der Waals surface area contributed by atoms with E-state index in [0.29, 0.717) is 5.54 Å². The minimum Gasteiger partial charge on any atom is -0.311 e. The van der Waals surface area contributed by atoms with Crippen LogP contribution in [-0.4, -0.2) is 17.1 Å². The molecule has 1 N–H and O–H groups in total. The number of hydrogen-bond donors (Lipinski definition) is 1. The lowest BCUT2D eigenvalue weighted by Gasteiger charge is -2.31. The van der Waals surface area contributed by atoms with Crippen molar-refractivity contribution >= 4 is 11.3 Å². The van der Waals surface area contributed by atoms with E-state index in [0.717, 1.165) is 12.3 Å². The summed E-state index contributed by atoms with van der Waals surface area (Å²) in [7, 11) is 0. The van der Waals surface area contributed by atoms with Crippen molar-refractivity contribution in [3.63, 3.8) is 0 Å². The Kier molecular flexibility index (Phi) is 4.36. The molecule has 0 aromatic carbocycles. The molecule has 1 aromatic rings. The molecule has 2 rings (SSSR count). The van der Waals surface area contributed by atoms with Crippen molar-refractivity contribution in [3.8, 4) is 0 Å². The molecule has 2 nitrogen and oxygen atoms in total. The van der Waals surface area contributed by atoms with Crippen molar-refractivity contribution in [1.29, 1.82) is 0 Å². The minimum atomic E-state index is 0.178. The van der Waals surface area contributed by atoms with Crippen LogP contribution in [0.15, 0.2) is 5.38 Å². The Morgan fingerprint density at radius 3 is 2.63 bits per heavy atom. The van der Waals surface area contributed by atoms with Crippen LogP contribution in [0.5, 0.6) is 0 Å². The number of thiazole rings is 1. The first-order chi connectivity index (χ1) is 8.81. The van der Waals surface area contributed by atoms with E-state index in [1.807, 2.05) is 11.3 Å². The fourth-order valence-corrected chi connectivity index (χ4v) is 4.03. The van der Waals surface area contributed by atoms with Gasteiger partial charge in [-0.1, -0.05) is 34.6 Å². The summed E-state index contributed by atoms with van der Waals surface area (Å²) in [6.07, 6.45) is 4.96. The van der Waals surface area contributed by atoms with Crippen LogP contribution < -0.4 is 5.32 Å². The van der Waals surface area contributed by atoms with Crippen molar-refractivity contribution < 1.29 is 0 Å². The van der Waals surface area contributed by atoms with E-state index < -0.39 is 0 Å². The molecule has 1 aliphatic heterocycles. The van der Waals surface area contributed by atoms with Crippen molar-refractivity contribution in [2.75, 3.05) is 6.54 Å². The Morgan fingerprint density at radius 1 is 1.42 bits per heavy atom. The minimum absolute atomic E-state index is 0.178. The maximum atomic E-state index is 4.88. The van der Waals surface area contributed by atoms with Gasteiger partial charge in [0.15, 0.2) is 0 Å². The van der Waals surface area contributed by atoms with Gasteiger partial charge in [-0.25, -0.2) is 4.98 Å². The second-order valence-corrected chi connectivity index (χ2v) is 8.34. The summed E-state index contributed by atoms with van der Waals surface area (Å²) in [6, 6.07) is 0. The Balaban J connectivity index is 2.11. The van der Waals surface area contributed by atoms with Crippen LogP contribution in [0.2, 0.25) is 0 Å². The third kappa shape index (κ3) is 3.79. The Labute approximate surface area is 122 Å². The SMILES string of the molecule is CC(C)CC1(Cc2csc(C(C)(C)C)n2)CCCN1. The third-order valence-electron chi connectivity index (χ3n) is 3.84. The zero-order valence-electron chi connectivity index (χ0n) is 13.0. The predicted molar refractivity (Wildman–Crippen MR) is 83.9 cm³/mol. The summed E-state index contributed by atoms with van der Waals surface area (Å²) in [4.78, 5) is 4.88. The van der Waals surface area contributed by atoms with Crippen LogP contribution in [0.3, 0.4) is 0 Å². The molecule has 0 aliphatic carbocycles. The molecule has 3 heteroatoms. The Morgan fingerprint density at radius 2 is 2.16 bits per heavy atom. The molecule has 1 atom stereocenters. The molecule has 1 aliphatic rings. The van der Waals surface area contributed by atoms with Gasteiger partial charge < -0.3 is 5.32 Å². The predicted octanol–water partition coefficient (Wildman–Crippen LogP) is 4.15. The van der Waals surface area contributed by atoms with Gasteiger partial charge in [0, 0.05) is 22.8 Å². The van der Waals surface area contributed by atoms with Gasteiger partial charge in [-0.2, -0.15) is 0 Å². The maximum Gasteiger partial charge on any atom is 0.0981 e. The van der Waals surface area contributed by atoms with E-state index in [1.54, 1.807) is 0 Å². The van der Waals surface area contributed by atoms with E-state index >= 15 is 0 Å². The van der Waals surface area contributed by atoms with Crippen LogP contribution >= 0.6 is 11.3 Å². The summed E-state index contributed by atoms with van der Waals surface area (Å²) >= 11 is 1.82. The topological polar surface area (TPSA) is 24.9 Å². The largest absolute Gasteiger partial charge is 0.311 e. The van der Waals surface area contributed by atoms with Gasteiger partial charge in [-0.05, 0) is 31.7 Å². The standard InChI is InChI=1S/C16H28N2S/c1-12(2)9-16(7-6-8-17-16)10-13-11-19-14(18-13)15(3,4)5/h11-12,17H,6-10H2,1-5H3. The lowest BCUT2D eigenvalue weighted by atomic mass is 9.83. The van der Waals surface area contributed by atoms with Gasteiger partial charge in [0.1, 0.15) is 0 Å². The van der Waals surface area contributed by atoms with E-state index in [-0.39, 0.29) is 5.41 Å². The molecule has 0 saturated carbocycles. The third-order valence-corrected chi connectivity index (χ3v) is 5.16. The Hall–Kier alpha value is -0.410. The number of aromatic nitrogens is 1. The molecule has 108 valence electrons. The van der Waals surface area contributed by atoms with Crippen LogP contribution in [0.25, 0.3) is 0 Å². The van der Waals surface area contributed by atoms with E-state index in [9.17, 15) is 0 Å². The number of nitrogens with zero attached hydrogens (tertiary/aromatic N) is 1. The number of hydrogen-bond acceptors (Lipinski definition) is 3. The first-order valence-corrected chi connectivity index (χ1v) is 8.39. The van der Waals surface area contributed by atoms with Crippen molar-refractivity contribution in [2.45, 2.75) is 71.3 Å². The van der Waals surface area contributed by atoms with Crippen molar-refractivity contribution in [1.82, 2.24) is 10.3 Å². The first-order valence-electron chi connectivity index (χ1n) is 7.51. The van der Waals surface area contributed by atoms with Crippen LogP contribution in [0.4, 0.5) is 0 Å². The lowest BCUT2D eigenvalue weighted by molar-refractivity contribution is 0.299. The molecular formula is C16H28N2S. The monoisotopic (exact) mass is 280 g/mol. The molecule has 1 fully saturated rings. The van der Waals surface area contributed by atoms with Crippen molar-refractivity contribution in [2.24, 2.45) is 5.92 Å². The molecule has 19 heavy (non-hydrogen) atoms. The zero-order valence-corrected chi connectivity index (χ0v) is 13.9. The fourth-order valence-electron chi connectivity index (χ4n) is 3.13. The summed E-state index contributed by atoms with van der Waals surface area (Å²) in [5.41, 5.74) is 1.76. The second kappa shape index (κ2) is 5.53. The maximum absolute atomic E-state index is 4.88. The van der Waals surface area contributed by atoms with Crippen molar-refractivity contribution in [3.05, 3.63) is 16.1 Å². The van der Waals surface area contributed by atoms with Gasteiger partial charge in [0.2, 0.25) is 0 Å². The molecule has 0 spiro atoms. The zero-order chi connectivity index (χ0) is 14.1. The Bertz CT molecular complexity index is 409. The molecule has 2 heterocycles. The van der Waals surface area contributed by atoms with E-state index in [1.165, 1.54) is 36.5 Å². The van der Waals surface area contributed by atoms with E-state index in [4.69, 9.17) is 4.98 Å². The first kappa shape index (κ1) is 15.0. The highest BCUT2D eigenvalue weighted by Gasteiger charge is 2.35. The average Bonchev–Trinajstić information content (AvgIpc) is 2.86. The fraction of sp³-hybridized carbons (Fsp3) is 0.812. The summed E-state index contributed by atoms with van der Waals surface area (Å²) < 4.78 is 0.